The molecule has 3 rings (SSSR count). The monoisotopic (exact) mass is 374 g/mol. The first-order valence-corrected chi connectivity index (χ1v) is 8.79. The van der Waals surface area contributed by atoms with Crippen LogP contribution in [-0.2, 0) is 10.0 Å². The number of hydrogen-bond donors (Lipinski definition) is 3. The number of H-pyrrole nitrogens is 2. The van der Waals surface area contributed by atoms with Crippen molar-refractivity contribution in [2.75, 3.05) is 20.1 Å². The summed E-state index contributed by atoms with van der Waals surface area (Å²) < 4.78 is 26.9. The van der Waals surface area contributed by atoms with Gasteiger partial charge < -0.3 is 10.3 Å². The second-order valence-corrected chi connectivity index (χ2v) is 7.62. The summed E-state index contributed by atoms with van der Waals surface area (Å²) in [6.07, 6.45) is 1.49. The lowest BCUT2D eigenvalue weighted by molar-refractivity contribution is 0.296. The van der Waals surface area contributed by atoms with E-state index in [1.165, 1.54) is 22.5 Å². The number of aromatic nitrogens is 2. The van der Waals surface area contributed by atoms with Gasteiger partial charge in [-0.3, -0.25) is 9.78 Å². The van der Waals surface area contributed by atoms with Crippen molar-refractivity contribution < 1.29 is 8.42 Å². The lowest BCUT2D eigenvalue weighted by Crippen LogP contribution is -2.43. The minimum Gasteiger partial charge on any atom is -0.317 e. The van der Waals surface area contributed by atoms with Gasteiger partial charge in [0.05, 0.1) is 15.8 Å². The molecule has 0 unspecified atom stereocenters. The van der Waals surface area contributed by atoms with Crippen LogP contribution in [0.5, 0.6) is 0 Å². The zero-order valence-electron chi connectivity index (χ0n) is 13.0. The van der Waals surface area contributed by atoms with E-state index in [9.17, 15) is 18.0 Å². The van der Waals surface area contributed by atoms with Crippen molar-refractivity contribution in [2.24, 2.45) is 0 Å². The van der Waals surface area contributed by atoms with Crippen LogP contribution >= 0.6 is 12.4 Å². The molecule has 0 amide bonds. The van der Waals surface area contributed by atoms with Gasteiger partial charge in [0.25, 0.3) is 5.56 Å². The summed E-state index contributed by atoms with van der Waals surface area (Å²) in [5.41, 5.74) is -0.919. The van der Waals surface area contributed by atoms with E-state index in [1.54, 1.807) is 7.05 Å². The van der Waals surface area contributed by atoms with Crippen LogP contribution in [0.25, 0.3) is 10.9 Å². The van der Waals surface area contributed by atoms with Crippen molar-refractivity contribution in [3.63, 3.8) is 0 Å². The maximum atomic E-state index is 12.8. The zero-order valence-corrected chi connectivity index (χ0v) is 14.7. The molecule has 1 fully saturated rings. The molecular weight excluding hydrogens is 356 g/mol. The van der Waals surface area contributed by atoms with Crippen molar-refractivity contribution in [2.45, 2.75) is 23.8 Å². The molecule has 1 aromatic heterocycles. The fourth-order valence-electron chi connectivity index (χ4n) is 2.84. The molecule has 0 radical (unpaired) electrons. The van der Waals surface area contributed by atoms with Gasteiger partial charge in [-0.05, 0) is 44.1 Å². The lowest BCUT2D eigenvalue weighted by atomic mass is 10.1. The average molecular weight is 375 g/mol. The molecule has 0 atom stereocenters. The summed E-state index contributed by atoms with van der Waals surface area (Å²) in [6.45, 7) is 1.56. The Hall–Kier alpha value is -1.68. The Kier molecular flexibility index (Phi) is 5.49. The number of hydrogen-bond acceptors (Lipinski definition) is 5. The minimum atomic E-state index is -3.70. The van der Waals surface area contributed by atoms with Crippen LogP contribution in [0.2, 0.25) is 0 Å². The Balaban J connectivity index is 0.00000208. The number of rotatable bonds is 3. The highest BCUT2D eigenvalue weighted by Crippen LogP contribution is 2.22. The average Bonchev–Trinajstić information content (AvgIpc) is 2.54. The molecule has 1 aliphatic rings. The fraction of sp³-hybridized carbons (Fsp3) is 0.429. The van der Waals surface area contributed by atoms with E-state index in [-0.39, 0.29) is 28.7 Å². The van der Waals surface area contributed by atoms with Crippen LogP contribution in [0.4, 0.5) is 0 Å². The molecule has 0 aliphatic carbocycles. The summed E-state index contributed by atoms with van der Waals surface area (Å²) in [4.78, 5) is 27.7. The topological polar surface area (TPSA) is 115 Å². The van der Waals surface area contributed by atoms with Crippen LogP contribution < -0.4 is 16.6 Å². The first kappa shape index (κ1) is 18.7. The van der Waals surface area contributed by atoms with E-state index in [2.05, 4.69) is 15.3 Å². The van der Waals surface area contributed by atoms with Gasteiger partial charge >= 0.3 is 5.69 Å². The molecular formula is C14H19ClN4O4S. The Morgan fingerprint density at radius 1 is 1.12 bits per heavy atom. The van der Waals surface area contributed by atoms with E-state index < -0.39 is 21.3 Å². The molecule has 1 saturated heterocycles. The summed E-state index contributed by atoms with van der Waals surface area (Å²) in [5.74, 6) is 0. The number of fused-ring (bicyclic) bond motifs is 1. The number of nitrogens with one attached hydrogen (secondary N) is 3. The van der Waals surface area contributed by atoms with Gasteiger partial charge in [-0.15, -0.1) is 12.4 Å². The molecule has 132 valence electrons. The van der Waals surface area contributed by atoms with Crippen molar-refractivity contribution in [1.82, 2.24) is 19.6 Å². The predicted octanol–water partition coefficient (Wildman–Crippen LogP) is 0.0107. The maximum absolute atomic E-state index is 12.8. The third-order valence-electron chi connectivity index (χ3n) is 4.21. The van der Waals surface area contributed by atoms with Crippen LogP contribution in [0.15, 0.2) is 32.7 Å². The Morgan fingerprint density at radius 3 is 2.46 bits per heavy atom. The number of nitrogens with zero attached hydrogens (tertiary/aromatic N) is 1. The smallest absolute Gasteiger partial charge is 0.317 e. The van der Waals surface area contributed by atoms with Gasteiger partial charge in [-0.1, -0.05) is 0 Å². The summed E-state index contributed by atoms with van der Waals surface area (Å²) >= 11 is 0. The van der Waals surface area contributed by atoms with Crippen molar-refractivity contribution >= 4 is 33.3 Å². The number of benzene rings is 1. The molecule has 2 heterocycles. The third kappa shape index (κ3) is 3.39. The Morgan fingerprint density at radius 2 is 1.79 bits per heavy atom. The summed E-state index contributed by atoms with van der Waals surface area (Å²) in [5, 5.41) is 3.34. The predicted molar refractivity (Wildman–Crippen MR) is 93.3 cm³/mol. The molecule has 0 saturated carbocycles. The van der Waals surface area contributed by atoms with Gasteiger partial charge in [0.2, 0.25) is 10.0 Å². The van der Waals surface area contributed by atoms with E-state index in [0.29, 0.717) is 5.52 Å². The molecule has 1 aliphatic heterocycles. The van der Waals surface area contributed by atoms with Crippen LogP contribution in [0, 0.1) is 0 Å². The van der Waals surface area contributed by atoms with Crippen molar-refractivity contribution in [3.05, 3.63) is 39.0 Å². The number of sulfonamides is 1. The van der Waals surface area contributed by atoms with Gasteiger partial charge in [0.1, 0.15) is 0 Å². The van der Waals surface area contributed by atoms with Gasteiger partial charge in [0.15, 0.2) is 0 Å². The van der Waals surface area contributed by atoms with Crippen LogP contribution in [-0.4, -0.2) is 48.9 Å². The van der Waals surface area contributed by atoms with Crippen LogP contribution in [0.1, 0.15) is 12.8 Å². The first-order valence-electron chi connectivity index (χ1n) is 7.35. The molecule has 24 heavy (non-hydrogen) atoms. The van der Waals surface area contributed by atoms with Crippen molar-refractivity contribution in [1.29, 1.82) is 0 Å². The summed E-state index contributed by atoms with van der Waals surface area (Å²) in [7, 11) is -2.13. The Bertz CT molecular complexity index is 947. The molecule has 2 aromatic rings. The van der Waals surface area contributed by atoms with Crippen molar-refractivity contribution in [3.8, 4) is 0 Å². The fourth-order valence-corrected chi connectivity index (χ4v) is 4.28. The SMILES string of the molecule is CN(C1CCNCC1)S(=O)(=O)c1ccc2[nH]c(=O)[nH]c(=O)c2c1.Cl. The molecule has 0 spiro atoms. The standard InChI is InChI=1S/C14H18N4O4S.ClH/c1-18(9-4-6-15-7-5-9)23(21,22)10-2-3-12-11(8-10)13(19)17-14(20)16-12;/h2-3,8-9,15H,4-7H2,1H3,(H2,16,17,19,20);1H. The quantitative estimate of drug-likeness (QED) is 0.700. The largest absolute Gasteiger partial charge is 0.326 e. The number of halogens is 1. The summed E-state index contributed by atoms with van der Waals surface area (Å²) in [6, 6.07) is 4.09. The van der Waals surface area contributed by atoms with E-state index in [4.69, 9.17) is 0 Å². The van der Waals surface area contributed by atoms with Gasteiger partial charge in [-0.25, -0.2) is 13.2 Å². The minimum absolute atomic E-state index is 0. The third-order valence-corrected chi connectivity index (χ3v) is 6.12. The maximum Gasteiger partial charge on any atom is 0.326 e. The molecule has 10 heteroatoms. The normalized spacial score (nSPS) is 16.2. The Labute approximate surface area is 144 Å². The molecule has 1 aromatic carbocycles. The van der Waals surface area contributed by atoms with Gasteiger partial charge in [-0.2, -0.15) is 4.31 Å². The lowest BCUT2D eigenvalue weighted by Gasteiger charge is -2.30. The highest BCUT2D eigenvalue weighted by Gasteiger charge is 2.29. The van der Waals surface area contributed by atoms with E-state index >= 15 is 0 Å². The number of piperidine rings is 1. The molecule has 8 nitrogen and oxygen atoms in total. The highest BCUT2D eigenvalue weighted by atomic mass is 35.5. The van der Waals surface area contributed by atoms with Gasteiger partial charge in [0, 0.05) is 13.1 Å². The zero-order chi connectivity index (χ0) is 16.6. The first-order chi connectivity index (χ1) is 10.9. The second kappa shape index (κ2) is 7.06. The van der Waals surface area contributed by atoms with E-state index in [1.807, 2.05) is 0 Å². The highest BCUT2D eigenvalue weighted by molar-refractivity contribution is 7.89. The van der Waals surface area contributed by atoms with E-state index in [0.717, 1.165) is 25.9 Å². The second-order valence-electron chi connectivity index (χ2n) is 5.62. The number of aromatic amines is 2. The molecule has 3 N–H and O–H groups in total. The van der Waals surface area contributed by atoms with Crippen LogP contribution in [0.3, 0.4) is 0 Å². The molecule has 0 bridgehead atoms.